The van der Waals surface area contributed by atoms with Crippen LogP contribution in [-0.2, 0) is 4.79 Å². The minimum Gasteiger partial charge on any atom is -0.492 e. The fourth-order valence-electron chi connectivity index (χ4n) is 3.53. The van der Waals surface area contributed by atoms with E-state index in [9.17, 15) is 9.59 Å². The molecule has 0 radical (unpaired) electrons. The molecule has 0 spiro atoms. The number of carbonyl (C=O) groups excluding carboxylic acids is 2. The van der Waals surface area contributed by atoms with E-state index in [1.807, 2.05) is 43.1 Å². The average Bonchev–Trinajstić information content (AvgIpc) is 2.73. The maximum atomic E-state index is 12.7. The second-order valence-corrected chi connectivity index (χ2v) is 7.93. The lowest BCUT2D eigenvalue weighted by molar-refractivity contribution is -0.135. The van der Waals surface area contributed by atoms with Crippen LogP contribution in [0.15, 0.2) is 48.5 Å². The Morgan fingerprint density at radius 3 is 2.48 bits per heavy atom. The van der Waals surface area contributed by atoms with Crippen molar-refractivity contribution in [2.45, 2.75) is 19.8 Å². The van der Waals surface area contributed by atoms with Gasteiger partial charge in [-0.15, -0.1) is 0 Å². The number of piperidine rings is 1. The van der Waals surface area contributed by atoms with E-state index < -0.39 is 0 Å². The Morgan fingerprint density at radius 2 is 1.83 bits per heavy atom. The summed E-state index contributed by atoms with van der Waals surface area (Å²) in [5.41, 5.74) is 1.77. The van der Waals surface area contributed by atoms with Gasteiger partial charge in [0.2, 0.25) is 5.91 Å². The number of ether oxygens (including phenoxy) is 1. The summed E-state index contributed by atoms with van der Waals surface area (Å²) in [4.78, 5) is 28.9. The lowest BCUT2D eigenvalue weighted by Crippen LogP contribution is -2.44. The van der Waals surface area contributed by atoms with E-state index in [-0.39, 0.29) is 17.7 Å². The summed E-state index contributed by atoms with van der Waals surface area (Å²) in [6.45, 7) is 4.19. The Balaban J connectivity index is 1.44. The number of rotatable bonds is 6. The number of aryl methyl sites for hydroxylation is 1. The van der Waals surface area contributed by atoms with Gasteiger partial charge in [0.05, 0.1) is 6.54 Å². The summed E-state index contributed by atoms with van der Waals surface area (Å²) < 4.78 is 5.74. The van der Waals surface area contributed by atoms with Crippen molar-refractivity contribution in [1.82, 2.24) is 9.80 Å². The summed E-state index contributed by atoms with van der Waals surface area (Å²) >= 11 is 5.89. The lowest BCUT2D eigenvalue weighted by Gasteiger charge is -2.33. The van der Waals surface area contributed by atoms with E-state index in [1.165, 1.54) is 0 Å². The fraction of sp³-hybridized carbons (Fsp3) is 0.391. The molecule has 0 aliphatic carbocycles. The number of likely N-dealkylation sites (tertiary alicyclic amines) is 1. The Hall–Kier alpha value is -2.53. The van der Waals surface area contributed by atoms with Crippen LogP contribution < -0.4 is 4.74 Å². The molecule has 0 unspecified atom stereocenters. The van der Waals surface area contributed by atoms with Crippen LogP contribution in [0, 0.1) is 12.8 Å². The van der Waals surface area contributed by atoms with E-state index in [0.29, 0.717) is 49.7 Å². The quantitative estimate of drug-likeness (QED) is 0.716. The normalized spacial score (nSPS) is 14.5. The average molecular weight is 415 g/mol. The highest BCUT2D eigenvalue weighted by molar-refractivity contribution is 6.30. The first kappa shape index (κ1) is 21.2. The third-order valence-electron chi connectivity index (χ3n) is 5.28. The molecule has 6 heteroatoms. The zero-order valence-electron chi connectivity index (χ0n) is 16.9. The number of nitrogens with zero attached hydrogens (tertiary/aromatic N) is 2. The van der Waals surface area contributed by atoms with Gasteiger partial charge in [0.1, 0.15) is 12.4 Å². The molecule has 1 heterocycles. The summed E-state index contributed by atoms with van der Waals surface area (Å²) in [6.07, 6.45) is 1.36. The number of likely N-dealkylation sites (N-methyl/N-ethyl adjacent to an activating group) is 1. The minimum absolute atomic E-state index is 0.00697. The van der Waals surface area contributed by atoms with Crippen LogP contribution in [0.5, 0.6) is 5.75 Å². The molecule has 0 bridgehead atoms. The van der Waals surface area contributed by atoms with Crippen LogP contribution in [0.1, 0.15) is 28.8 Å². The molecule has 5 nitrogen and oxygen atoms in total. The highest BCUT2D eigenvalue weighted by Gasteiger charge is 2.29. The number of carbonyl (C=O) groups is 2. The molecule has 2 amide bonds. The molecular weight excluding hydrogens is 388 g/mol. The second-order valence-electron chi connectivity index (χ2n) is 7.50. The number of hydrogen-bond acceptors (Lipinski definition) is 3. The van der Waals surface area contributed by atoms with Gasteiger partial charge < -0.3 is 14.5 Å². The van der Waals surface area contributed by atoms with Gasteiger partial charge in [-0.05, 0) is 61.7 Å². The summed E-state index contributed by atoms with van der Waals surface area (Å²) in [6, 6.07) is 14.8. The molecule has 1 aliphatic rings. The van der Waals surface area contributed by atoms with Crippen molar-refractivity contribution in [2.24, 2.45) is 5.92 Å². The van der Waals surface area contributed by atoms with E-state index in [4.69, 9.17) is 16.3 Å². The van der Waals surface area contributed by atoms with Gasteiger partial charge in [-0.1, -0.05) is 23.7 Å². The summed E-state index contributed by atoms with van der Waals surface area (Å²) in [5, 5.41) is 0.611. The van der Waals surface area contributed by atoms with Crippen LogP contribution >= 0.6 is 11.6 Å². The van der Waals surface area contributed by atoms with Gasteiger partial charge in [-0.2, -0.15) is 0 Å². The highest BCUT2D eigenvalue weighted by Crippen LogP contribution is 2.21. The van der Waals surface area contributed by atoms with Crippen molar-refractivity contribution >= 4 is 23.4 Å². The van der Waals surface area contributed by atoms with Crippen LogP contribution in [0.3, 0.4) is 0 Å². The minimum atomic E-state index is -0.0479. The Bertz CT molecular complexity index is 845. The van der Waals surface area contributed by atoms with Crippen molar-refractivity contribution in [3.8, 4) is 5.75 Å². The smallest absolute Gasteiger partial charge is 0.253 e. The van der Waals surface area contributed by atoms with Crippen molar-refractivity contribution in [1.29, 1.82) is 0 Å². The van der Waals surface area contributed by atoms with Gasteiger partial charge in [0, 0.05) is 36.6 Å². The summed E-state index contributed by atoms with van der Waals surface area (Å²) in [5.74, 6) is 0.886. The second kappa shape index (κ2) is 9.79. The first-order valence-electron chi connectivity index (χ1n) is 9.93. The van der Waals surface area contributed by atoms with Gasteiger partial charge in [0.15, 0.2) is 0 Å². The van der Waals surface area contributed by atoms with Gasteiger partial charge in [-0.3, -0.25) is 9.59 Å². The van der Waals surface area contributed by atoms with E-state index in [1.54, 1.807) is 29.2 Å². The first-order chi connectivity index (χ1) is 13.9. The Labute approximate surface area is 177 Å². The monoisotopic (exact) mass is 414 g/mol. The SMILES string of the molecule is Cc1cccc(OCCN(C)C(=O)C2CCN(C(=O)c3ccc(Cl)cc3)CC2)c1. The molecule has 1 fully saturated rings. The summed E-state index contributed by atoms with van der Waals surface area (Å²) in [7, 11) is 1.81. The third kappa shape index (κ3) is 5.73. The molecule has 3 rings (SSSR count). The van der Waals surface area contributed by atoms with Crippen LogP contribution in [-0.4, -0.2) is 54.9 Å². The molecule has 2 aromatic rings. The van der Waals surface area contributed by atoms with Crippen LogP contribution in [0.4, 0.5) is 0 Å². The molecule has 1 aliphatic heterocycles. The van der Waals surface area contributed by atoms with Crippen LogP contribution in [0.2, 0.25) is 5.02 Å². The Morgan fingerprint density at radius 1 is 1.14 bits per heavy atom. The number of amides is 2. The zero-order valence-corrected chi connectivity index (χ0v) is 17.7. The predicted molar refractivity (Wildman–Crippen MR) is 114 cm³/mol. The zero-order chi connectivity index (χ0) is 20.8. The van der Waals surface area contributed by atoms with Crippen molar-refractivity contribution in [2.75, 3.05) is 33.3 Å². The van der Waals surface area contributed by atoms with Gasteiger partial charge >= 0.3 is 0 Å². The number of halogens is 1. The molecule has 154 valence electrons. The molecular formula is C23H27ClN2O3. The molecule has 0 N–H and O–H groups in total. The lowest BCUT2D eigenvalue weighted by atomic mass is 9.95. The van der Waals surface area contributed by atoms with Gasteiger partial charge in [-0.25, -0.2) is 0 Å². The van der Waals surface area contributed by atoms with Crippen molar-refractivity contribution in [3.63, 3.8) is 0 Å². The maximum absolute atomic E-state index is 12.7. The van der Waals surface area contributed by atoms with E-state index in [2.05, 4.69) is 0 Å². The molecule has 2 aromatic carbocycles. The maximum Gasteiger partial charge on any atom is 0.253 e. The highest BCUT2D eigenvalue weighted by atomic mass is 35.5. The van der Waals surface area contributed by atoms with E-state index >= 15 is 0 Å². The predicted octanol–water partition coefficient (Wildman–Crippen LogP) is 4.04. The van der Waals surface area contributed by atoms with E-state index in [0.717, 1.165) is 11.3 Å². The number of benzene rings is 2. The number of hydrogen-bond donors (Lipinski definition) is 0. The molecule has 0 saturated carbocycles. The van der Waals surface area contributed by atoms with Crippen molar-refractivity contribution in [3.05, 3.63) is 64.7 Å². The van der Waals surface area contributed by atoms with Crippen molar-refractivity contribution < 1.29 is 14.3 Å². The van der Waals surface area contributed by atoms with Crippen LogP contribution in [0.25, 0.3) is 0 Å². The largest absolute Gasteiger partial charge is 0.492 e. The first-order valence-corrected chi connectivity index (χ1v) is 10.3. The molecule has 0 atom stereocenters. The third-order valence-corrected chi connectivity index (χ3v) is 5.54. The van der Waals surface area contributed by atoms with Gasteiger partial charge in [0.25, 0.3) is 5.91 Å². The molecule has 0 aromatic heterocycles. The topological polar surface area (TPSA) is 49.9 Å². The Kier molecular flexibility index (Phi) is 7.15. The molecule has 29 heavy (non-hydrogen) atoms. The standard InChI is InChI=1S/C23H27ClN2O3/c1-17-4-3-5-21(16-17)29-15-14-25(2)22(27)19-10-12-26(13-11-19)23(28)18-6-8-20(24)9-7-18/h3-9,16,19H,10-15H2,1-2H3. The molecule has 1 saturated heterocycles. The fourth-order valence-corrected chi connectivity index (χ4v) is 3.66.